The molecule has 8 aromatic carbocycles. The van der Waals surface area contributed by atoms with Crippen molar-refractivity contribution in [2.45, 2.75) is 25.7 Å². The highest BCUT2D eigenvalue weighted by atomic mass is 32.3. The van der Waals surface area contributed by atoms with Gasteiger partial charge < -0.3 is 0 Å². The summed E-state index contributed by atoms with van der Waals surface area (Å²) < 4.78 is 9.06. The zero-order valence-electron chi connectivity index (χ0n) is 43.6. The number of benzene rings is 8. The minimum atomic E-state index is -0.407. The van der Waals surface area contributed by atoms with Crippen molar-refractivity contribution in [3.8, 4) is 0 Å². The van der Waals surface area contributed by atoms with Gasteiger partial charge in [-0.15, -0.1) is 47.0 Å². The molecule has 0 radical (unpaired) electrons. The molecule has 8 aromatic rings. The largest absolute Gasteiger partial charge is 0.117 e. The molecule has 396 valence electrons. The van der Waals surface area contributed by atoms with Gasteiger partial charge in [0.25, 0.3) is 0 Å². The van der Waals surface area contributed by atoms with Gasteiger partial charge in [0.05, 0.1) is 25.4 Å². The van der Waals surface area contributed by atoms with Gasteiger partial charge in [0, 0.05) is 0 Å². The van der Waals surface area contributed by atoms with E-state index in [4.69, 9.17) is 0 Å². The summed E-state index contributed by atoms with van der Waals surface area (Å²) in [6.07, 6.45) is 9.58. The van der Waals surface area contributed by atoms with Crippen LogP contribution in [0.2, 0.25) is 0 Å². The van der Waals surface area contributed by atoms with Crippen molar-refractivity contribution in [3.63, 3.8) is 0 Å². The Balaban J connectivity index is 0.851. The summed E-state index contributed by atoms with van der Waals surface area (Å²) in [5.41, 5.74) is 0. The second-order valence-electron chi connectivity index (χ2n) is 18.2. The summed E-state index contributed by atoms with van der Waals surface area (Å²) in [6, 6.07) is 90.1. The second-order valence-corrected chi connectivity index (χ2v) is 37.6. The van der Waals surface area contributed by atoms with Crippen molar-refractivity contribution < 1.29 is 0 Å². The molecule has 0 amide bonds. The van der Waals surface area contributed by atoms with E-state index in [0.29, 0.717) is 0 Å². The van der Waals surface area contributed by atoms with E-state index >= 15 is 0 Å². The zero-order valence-corrected chi connectivity index (χ0v) is 53.7. The monoisotopic (exact) mass is 1240 g/mol. The highest BCUT2D eigenvalue weighted by Gasteiger charge is 2.31. The van der Waals surface area contributed by atoms with Gasteiger partial charge in [0.1, 0.15) is 0 Å². The SMILES string of the molecule is c1ccc(P(CCCSC2=C(SCCCP(c3ccccc3)c3ccccc3)SC(=C3SC(SCCCP(c4ccccc4)c4ccccc4)=C(SCCCP(c4ccccc4)c4ccccc4)S3)S2)c2ccccc2)cc1. The van der Waals surface area contributed by atoms with Crippen molar-refractivity contribution in [2.75, 3.05) is 47.7 Å². The van der Waals surface area contributed by atoms with Crippen LogP contribution in [0.25, 0.3) is 0 Å². The van der Waals surface area contributed by atoms with E-state index in [-0.39, 0.29) is 0 Å². The molecule has 0 atom stereocenters. The van der Waals surface area contributed by atoms with Crippen LogP contribution in [-0.2, 0) is 0 Å². The Hall–Kier alpha value is -2.50. The van der Waals surface area contributed by atoms with E-state index in [1.165, 1.54) is 118 Å². The lowest BCUT2D eigenvalue weighted by Gasteiger charge is -2.19. The van der Waals surface area contributed by atoms with Crippen molar-refractivity contribution in [2.24, 2.45) is 0 Å². The summed E-state index contributed by atoms with van der Waals surface area (Å²) in [4.78, 5) is 0. The molecule has 0 fully saturated rings. The van der Waals surface area contributed by atoms with Gasteiger partial charge in [-0.2, -0.15) is 0 Å². The standard InChI is InChI=1S/C66H64P4S8/c1-9-29-53(30-10-1)67(54-31-11-2-12-32-54)45-25-49-71-61-62(72-50-26-46-68(55-33-13-3-14-34-55)56-35-15-4-16-36-56)76-65(75-61)66-77-63(73-51-27-47-69(57-37-17-5-18-38-57)58-39-19-6-20-40-58)64(78-66)74-52-28-48-70(59-41-21-7-22-42-59)60-43-23-8-24-44-60/h1-24,29-44H,25-28,45-52H2. The molecule has 0 aromatic heterocycles. The molecule has 2 aliphatic heterocycles. The van der Waals surface area contributed by atoms with Gasteiger partial charge in [-0.1, -0.05) is 290 Å². The van der Waals surface area contributed by atoms with E-state index < -0.39 is 31.7 Å². The fraction of sp³-hybridized carbons (Fsp3) is 0.182. The normalized spacial score (nSPS) is 13.8. The van der Waals surface area contributed by atoms with Gasteiger partial charge >= 0.3 is 0 Å². The highest BCUT2D eigenvalue weighted by Crippen LogP contribution is 2.66. The number of rotatable bonds is 28. The molecule has 2 aliphatic rings. The fourth-order valence-corrected chi connectivity index (χ4v) is 31.4. The lowest BCUT2D eigenvalue weighted by atomic mass is 10.4. The number of hydrogen-bond acceptors (Lipinski definition) is 8. The van der Waals surface area contributed by atoms with Gasteiger partial charge in [-0.25, -0.2) is 0 Å². The van der Waals surface area contributed by atoms with Crippen LogP contribution in [0.4, 0.5) is 0 Å². The van der Waals surface area contributed by atoms with Crippen LogP contribution in [0.5, 0.6) is 0 Å². The minimum Gasteiger partial charge on any atom is -0.117 e. The fourth-order valence-electron chi connectivity index (χ4n) is 9.11. The molecule has 0 spiro atoms. The smallest absolute Gasteiger partial charge is 0.0717 e. The van der Waals surface area contributed by atoms with Crippen LogP contribution < -0.4 is 42.4 Å². The second kappa shape index (κ2) is 32.4. The molecule has 2 heterocycles. The summed E-state index contributed by atoms with van der Waals surface area (Å²) in [5, 5.41) is 11.8. The van der Waals surface area contributed by atoms with E-state index in [2.05, 4.69) is 337 Å². The first kappa shape index (κ1) is 58.7. The van der Waals surface area contributed by atoms with Crippen LogP contribution in [0.1, 0.15) is 25.7 Å². The first-order valence-electron chi connectivity index (χ1n) is 26.7. The molecule has 0 unspecified atom stereocenters. The number of hydrogen-bond donors (Lipinski definition) is 0. The van der Waals surface area contributed by atoms with Crippen molar-refractivity contribution >= 4 is 168 Å². The Morgan fingerprint density at radius 2 is 0.372 bits per heavy atom. The van der Waals surface area contributed by atoms with Crippen molar-refractivity contribution in [1.82, 2.24) is 0 Å². The van der Waals surface area contributed by atoms with Crippen molar-refractivity contribution in [1.29, 1.82) is 0 Å². The van der Waals surface area contributed by atoms with Gasteiger partial charge in [0.2, 0.25) is 0 Å². The van der Waals surface area contributed by atoms with Gasteiger partial charge in [-0.05, 0) is 147 Å². The molecule has 12 heteroatoms. The third kappa shape index (κ3) is 17.3. The Labute approximate surface area is 504 Å². The molecule has 0 nitrogen and oxygen atoms in total. The Bertz CT molecular complexity index is 2560. The molecule has 0 N–H and O–H groups in total. The van der Waals surface area contributed by atoms with E-state index in [1.54, 1.807) is 0 Å². The maximum Gasteiger partial charge on any atom is 0.0717 e. The molecule has 0 saturated carbocycles. The molecular weight excluding hydrogens is 1170 g/mol. The lowest BCUT2D eigenvalue weighted by Crippen LogP contribution is -2.14. The molecule has 78 heavy (non-hydrogen) atoms. The quantitative estimate of drug-likeness (QED) is 0.0347. The third-order valence-corrected chi connectivity index (χ3v) is 35.2. The molecule has 0 bridgehead atoms. The average Bonchev–Trinajstić information content (AvgIpc) is 4.15. The Kier molecular flexibility index (Phi) is 24.4. The summed E-state index contributed by atoms with van der Waals surface area (Å²) >= 11 is 16.8. The summed E-state index contributed by atoms with van der Waals surface area (Å²) in [7, 11) is -1.63. The van der Waals surface area contributed by atoms with E-state index in [0.717, 1.165) is 23.0 Å². The first-order chi connectivity index (χ1) is 38.7. The minimum absolute atomic E-state index is 0.407. The van der Waals surface area contributed by atoms with Crippen LogP contribution >= 0.6 is 126 Å². The highest BCUT2D eigenvalue weighted by molar-refractivity contribution is 8.45. The Morgan fingerprint density at radius 1 is 0.218 bits per heavy atom. The van der Waals surface area contributed by atoms with Gasteiger partial charge in [-0.3, -0.25) is 0 Å². The zero-order chi connectivity index (χ0) is 52.8. The summed E-state index contributed by atoms with van der Waals surface area (Å²) in [6.45, 7) is 0. The van der Waals surface area contributed by atoms with Crippen LogP contribution in [0, 0.1) is 0 Å². The number of thioether (sulfide) groups is 8. The topological polar surface area (TPSA) is 0 Å². The van der Waals surface area contributed by atoms with E-state index in [1.807, 2.05) is 0 Å². The average molecular weight is 1240 g/mol. The van der Waals surface area contributed by atoms with Crippen LogP contribution in [0.15, 0.2) is 268 Å². The maximum absolute atomic E-state index is 2.34. The maximum atomic E-state index is 2.34. The molecule has 10 rings (SSSR count). The molecular formula is C66H64P4S8. The first-order valence-corrected chi connectivity index (χ1v) is 40.0. The van der Waals surface area contributed by atoms with Crippen molar-refractivity contribution in [3.05, 3.63) is 268 Å². The third-order valence-electron chi connectivity index (χ3n) is 12.8. The van der Waals surface area contributed by atoms with Gasteiger partial charge in [0.15, 0.2) is 0 Å². The van der Waals surface area contributed by atoms with Crippen LogP contribution in [0.3, 0.4) is 0 Å². The van der Waals surface area contributed by atoms with E-state index in [9.17, 15) is 0 Å². The lowest BCUT2D eigenvalue weighted by molar-refractivity contribution is 1.12. The molecule has 0 saturated heterocycles. The predicted molar refractivity (Wildman–Crippen MR) is 375 cm³/mol. The van der Waals surface area contributed by atoms with Crippen LogP contribution in [-0.4, -0.2) is 47.7 Å². The molecule has 0 aliphatic carbocycles. The summed E-state index contributed by atoms with van der Waals surface area (Å²) in [5.74, 6) is 4.52. The Morgan fingerprint density at radius 3 is 0.526 bits per heavy atom. The predicted octanol–water partition coefficient (Wildman–Crippen LogP) is 18.4.